The number of fused-ring (bicyclic) bond motifs is 1. The van der Waals surface area contributed by atoms with Crippen molar-refractivity contribution in [3.8, 4) is 0 Å². The zero-order chi connectivity index (χ0) is 12.5. The molecule has 98 valence electrons. The van der Waals surface area contributed by atoms with Crippen LogP contribution in [0.2, 0.25) is 0 Å². The molecule has 4 heteroatoms. The molecular weight excluding hydrogens is 216 g/mol. The van der Waals surface area contributed by atoms with E-state index in [4.69, 9.17) is 4.74 Å². The molecule has 1 amide bonds. The summed E-state index contributed by atoms with van der Waals surface area (Å²) in [5.41, 5.74) is -0.687. The van der Waals surface area contributed by atoms with Gasteiger partial charge in [-0.3, -0.25) is 9.69 Å². The van der Waals surface area contributed by atoms with E-state index in [1.807, 2.05) is 18.7 Å². The number of rotatable bonds is 2. The summed E-state index contributed by atoms with van der Waals surface area (Å²) in [6, 6.07) is 0.578. The molecule has 2 fully saturated rings. The molecule has 0 saturated carbocycles. The highest BCUT2D eigenvalue weighted by Crippen LogP contribution is 2.23. The molecule has 0 radical (unpaired) electrons. The van der Waals surface area contributed by atoms with Gasteiger partial charge in [-0.15, -0.1) is 0 Å². The average molecular weight is 240 g/mol. The highest BCUT2D eigenvalue weighted by Gasteiger charge is 2.36. The molecule has 17 heavy (non-hydrogen) atoms. The minimum Gasteiger partial charge on any atom is -0.369 e. The Morgan fingerprint density at radius 2 is 1.94 bits per heavy atom. The standard InChI is InChI=1S/C13H24N2O2/c1-13(2,17-3)12(16)15-9-5-8-14-7-4-6-11(14)10-15/h11H,4-10H2,1-3H3. The summed E-state index contributed by atoms with van der Waals surface area (Å²) in [6.45, 7) is 7.81. The monoisotopic (exact) mass is 240 g/mol. The Hall–Kier alpha value is -0.610. The minimum absolute atomic E-state index is 0.133. The normalized spacial score (nSPS) is 26.8. The van der Waals surface area contributed by atoms with Gasteiger partial charge in [0, 0.05) is 32.8 Å². The predicted molar refractivity (Wildman–Crippen MR) is 66.9 cm³/mol. The first kappa shape index (κ1) is 12.8. The summed E-state index contributed by atoms with van der Waals surface area (Å²) < 4.78 is 5.30. The van der Waals surface area contributed by atoms with Crippen LogP contribution in [0.15, 0.2) is 0 Å². The van der Waals surface area contributed by atoms with Crippen LogP contribution in [0, 0.1) is 0 Å². The maximum atomic E-state index is 12.4. The van der Waals surface area contributed by atoms with Gasteiger partial charge in [0.05, 0.1) is 0 Å². The van der Waals surface area contributed by atoms with Gasteiger partial charge in [-0.05, 0) is 39.7 Å². The van der Waals surface area contributed by atoms with Gasteiger partial charge >= 0.3 is 0 Å². The first-order valence-corrected chi connectivity index (χ1v) is 6.63. The van der Waals surface area contributed by atoms with Crippen molar-refractivity contribution in [2.24, 2.45) is 0 Å². The molecule has 2 saturated heterocycles. The Morgan fingerprint density at radius 1 is 1.24 bits per heavy atom. The van der Waals surface area contributed by atoms with Gasteiger partial charge < -0.3 is 9.64 Å². The van der Waals surface area contributed by atoms with Crippen LogP contribution >= 0.6 is 0 Å². The molecule has 2 heterocycles. The Kier molecular flexibility index (Phi) is 3.73. The highest BCUT2D eigenvalue weighted by molar-refractivity contribution is 5.84. The number of hydrogen-bond acceptors (Lipinski definition) is 3. The van der Waals surface area contributed by atoms with Crippen LogP contribution in [-0.4, -0.2) is 60.6 Å². The average Bonchev–Trinajstić information content (AvgIpc) is 2.65. The molecule has 4 nitrogen and oxygen atoms in total. The molecule has 2 aliphatic rings. The molecule has 0 N–H and O–H groups in total. The summed E-state index contributed by atoms with van der Waals surface area (Å²) in [7, 11) is 1.61. The van der Waals surface area contributed by atoms with Gasteiger partial charge in [0.15, 0.2) is 0 Å². The summed E-state index contributed by atoms with van der Waals surface area (Å²) in [5, 5.41) is 0. The van der Waals surface area contributed by atoms with Crippen molar-refractivity contribution in [3.05, 3.63) is 0 Å². The van der Waals surface area contributed by atoms with Crippen molar-refractivity contribution in [2.45, 2.75) is 44.8 Å². The fourth-order valence-electron chi connectivity index (χ4n) is 2.86. The number of nitrogens with zero attached hydrogens (tertiary/aromatic N) is 2. The van der Waals surface area contributed by atoms with Crippen LogP contribution in [0.5, 0.6) is 0 Å². The fraction of sp³-hybridized carbons (Fsp3) is 0.923. The zero-order valence-corrected chi connectivity index (χ0v) is 11.2. The lowest BCUT2D eigenvalue weighted by atomic mass is 10.1. The number of hydrogen-bond donors (Lipinski definition) is 0. The molecular formula is C13H24N2O2. The van der Waals surface area contributed by atoms with Crippen LogP contribution in [-0.2, 0) is 9.53 Å². The molecule has 1 atom stereocenters. The molecule has 2 rings (SSSR count). The van der Waals surface area contributed by atoms with Gasteiger partial charge in [0.1, 0.15) is 5.60 Å². The van der Waals surface area contributed by atoms with E-state index in [0.29, 0.717) is 6.04 Å². The number of ether oxygens (including phenoxy) is 1. The SMILES string of the molecule is COC(C)(C)C(=O)N1CCCN2CCCC2C1. The minimum atomic E-state index is -0.687. The van der Waals surface area contributed by atoms with E-state index in [0.717, 1.165) is 26.1 Å². The number of methoxy groups -OCH3 is 1. The quantitative estimate of drug-likeness (QED) is 0.725. The topological polar surface area (TPSA) is 32.8 Å². The van der Waals surface area contributed by atoms with E-state index in [1.165, 1.54) is 19.4 Å². The van der Waals surface area contributed by atoms with Crippen LogP contribution in [0.25, 0.3) is 0 Å². The first-order valence-electron chi connectivity index (χ1n) is 6.63. The van der Waals surface area contributed by atoms with E-state index < -0.39 is 5.60 Å². The maximum absolute atomic E-state index is 12.4. The highest BCUT2D eigenvalue weighted by atomic mass is 16.5. The summed E-state index contributed by atoms with van der Waals surface area (Å²) in [6.07, 6.45) is 3.60. The lowest BCUT2D eigenvalue weighted by molar-refractivity contribution is -0.151. The Bertz CT molecular complexity index is 291. The summed E-state index contributed by atoms with van der Waals surface area (Å²) >= 11 is 0. The van der Waals surface area contributed by atoms with Gasteiger partial charge in [0.2, 0.25) is 0 Å². The third kappa shape index (κ3) is 2.63. The molecule has 2 aliphatic heterocycles. The first-order chi connectivity index (χ1) is 8.04. The molecule has 1 unspecified atom stereocenters. The number of carbonyl (C=O) groups excluding carboxylic acids is 1. The maximum Gasteiger partial charge on any atom is 0.254 e. The van der Waals surface area contributed by atoms with Gasteiger partial charge in [0.25, 0.3) is 5.91 Å². The van der Waals surface area contributed by atoms with Crippen LogP contribution < -0.4 is 0 Å². The Morgan fingerprint density at radius 3 is 2.65 bits per heavy atom. The lowest BCUT2D eigenvalue weighted by Gasteiger charge is -2.32. The van der Waals surface area contributed by atoms with Crippen molar-refractivity contribution < 1.29 is 9.53 Å². The summed E-state index contributed by atoms with van der Waals surface area (Å²) in [4.78, 5) is 16.9. The number of amides is 1. The molecule has 0 spiro atoms. The van der Waals surface area contributed by atoms with E-state index in [1.54, 1.807) is 7.11 Å². The van der Waals surface area contributed by atoms with Crippen molar-refractivity contribution in [1.82, 2.24) is 9.80 Å². The largest absolute Gasteiger partial charge is 0.369 e. The molecule has 0 bridgehead atoms. The molecule has 0 aliphatic carbocycles. The van der Waals surface area contributed by atoms with Crippen molar-refractivity contribution in [3.63, 3.8) is 0 Å². The molecule has 0 aromatic carbocycles. The predicted octanol–water partition coefficient (Wildman–Crippen LogP) is 1.11. The molecule has 0 aromatic heterocycles. The van der Waals surface area contributed by atoms with Crippen molar-refractivity contribution in [1.29, 1.82) is 0 Å². The van der Waals surface area contributed by atoms with Gasteiger partial charge in [-0.25, -0.2) is 0 Å². The zero-order valence-electron chi connectivity index (χ0n) is 11.2. The van der Waals surface area contributed by atoms with Gasteiger partial charge in [-0.2, -0.15) is 0 Å². The van der Waals surface area contributed by atoms with Crippen LogP contribution in [0.1, 0.15) is 33.1 Å². The fourth-order valence-corrected chi connectivity index (χ4v) is 2.86. The van der Waals surface area contributed by atoms with Crippen molar-refractivity contribution in [2.75, 3.05) is 33.3 Å². The second-order valence-corrected chi connectivity index (χ2v) is 5.65. The van der Waals surface area contributed by atoms with Gasteiger partial charge in [-0.1, -0.05) is 0 Å². The lowest BCUT2D eigenvalue weighted by Crippen LogP contribution is -2.49. The van der Waals surface area contributed by atoms with E-state index in [2.05, 4.69) is 4.90 Å². The number of carbonyl (C=O) groups is 1. The van der Waals surface area contributed by atoms with E-state index >= 15 is 0 Å². The van der Waals surface area contributed by atoms with Crippen LogP contribution in [0.4, 0.5) is 0 Å². The van der Waals surface area contributed by atoms with Crippen LogP contribution in [0.3, 0.4) is 0 Å². The second kappa shape index (κ2) is 4.94. The Balaban J connectivity index is 2.03. The van der Waals surface area contributed by atoms with E-state index in [-0.39, 0.29) is 5.91 Å². The smallest absolute Gasteiger partial charge is 0.254 e. The van der Waals surface area contributed by atoms with E-state index in [9.17, 15) is 4.79 Å². The van der Waals surface area contributed by atoms with Crippen molar-refractivity contribution >= 4 is 5.91 Å². The second-order valence-electron chi connectivity index (χ2n) is 5.65. The third-order valence-corrected chi connectivity index (χ3v) is 4.12. The Labute approximate surface area is 104 Å². The third-order valence-electron chi connectivity index (χ3n) is 4.12. The summed E-state index contributed by atoms with van der Waals surface area (Å²) in [5.74, 6) is 0.133. The molecule has 0 aromatic rings.